The molecule has 0 saturated carbocycles. The molecule has 0 aromatic carbocycles. The van der Waals surface area contributed by atoms with Crippen molar-refractivity contribution in [3.8, 4) is 0 Å². The Bertz CT molecular complexity index is 464. The lowest BCUT2D eigenvalue weighted by molar-refractivity contribution is -0.148. The number of nitrogens with two attached hydrogens (primary N) is 1. The van der Waals surface area contributed by atoms with Crippen LogP contribution in [0.2, 0.25) is 0 Å². The van der Waals surface area contributed by atoms with E-state index in [9.17, 15) is 13.2 Å². The molecule has 0 saturated heterocycles. The highest BCUT2D eigenvalue weighted by Gasteiger charge is 2.39. The third kappa shape index (κ3) is 2.95. The van der Waals surface area contributed by atoms with Gasteiger partial charge in [-0.1, -0.05) is 13.8 Å². The topological polar surface area (TPSA) is 60.0 Å². The van der Waals surface area contributed by atoms with Gasteiger partial charge in [0.1, 0.15) is 5.82 Å². The lowest BCUT2D eigenvalue weighted by atomic mass is 9.87. The summed E-state index contributed by atoms with van der Waals surface area (Å²) in [6.07, 6.45) is -3.51. The molecule has 1 aliphatic rings. The Morgan fingerprint density at radius 1 is 1.25 bits per heavy atom. The van der Waals surface area contributed by atoms with Crippen molar-refractivity contribution in [1.82, 2.24) is 19.7 Å². The molecular formula is C12H20F3N5. The summed E-state index contributed by atoms with van der Waals surface area (Å²) in [7, 11) is 0. The van der Waals surface area contributed by atoms with Gasteiger partial charge >= 0.3 is 6.18 Å². The molecule has 5 nitrogen and oxygen atoms in total. The molecule has 1 atom stereocenters. The minimum absolute atomic E-state index is 0.0188. The first-order valence-corrected chi connectivity index (χ1v) is 6.71. The van der Waals surface area contributed by atoms with Gasteiger partial charge in [0.15, 0.2) is 0 Å². The van der Waals surface area contributed by atoms with Crippen molar-refractivity contribution in [3.05, 3.63) is 11.6 Å². The van der Waals surface area contributed by atoms with Crippen LogP contribution in [-0.4, -0.2) is 39.3 Å². The summed E-state index contributed by atoms with van der Waals surface area (Å²) in [5, 5.41) is 6.95. The van der Waals surface area contributed by atoms with Gasteiger partial charge in [-0.2, -0.15) is 13.2 Å². The second-order valence-corrected chi connectivity index (χ2v) is 5.67. The van der Waals surface area contributed by atoms with E-state index in [1.807, 2.05) is 0 Å². The fraction of sp³-hybridized carbons (Fsp3) is 0.833. The summed E-state index contributed by atoms with van der Waals surface area (Å²) in [6, 6.07) is 0. The summed E-state index contributed by atoms with van der Waals surface area (Å²) in [5.74, 6) is -0.525. The smallest absolute Gasteiger partial charge is 0.330 e. The first-order chi connectivity index (χ1) is 9.29. The monoisotopic (exact) mass is 291 g/mol. The van der Waals surface area contributed by atoms with Gasteiger partial charge in [0.25, 0.3) is 0 Å². The molecule has 2 rings (SSSR count). The van der Waals surface area contributed by atoms with Crippen LogP contribution in [0.3, 0.4) is 0 Å². The van der Waals surface area contributed by atoms with Crippen LogP contribution in [-0.2, 0) is 19.3 Å². The zero-order valence-electron chi connectivity index (χ0n) is 11.7. The Morgan fingerprint density at radius 2 is 1.95 bits per heavy atom. The number of alkyl halides is 3. The minimum atomic E-state index is -4.44. The summed E-state index contributed by atoms with van der Waals surface area (Å²) >= 11 is 0. The zero-order chi connectivity index (χ0) is 15.0. The van der Waals surface area contributed by atoms with Crippen molar-refractivity contribution in [1.29, 1.82) is 0 Å². The fourth-order valence-electron chi connectivity index (χ4n) is 2.41. The number of halogens is 3. The van der Waals surface area contributed by atoms with E-state index in [1.165, 1.54) is 4.57 Å². The number of rotatable bonds is 4. The quantitative estimate of drug-likeness (QED) is 0.913. The van der Waals surface area contributed by atoms with Crippen LogP contribution in [0, 0.1) is 5.41 Å². The predicted octanol–water partition coefficient (Wildman–Crippen LogP) is 1.49. The Kier molecular flexibility index (Phi) is 4.06. The van der Waals surface area contributed by atoms with E-state index in [1.54, 1.807) is 0 Å². The third-order valence-corrected chi connectivity index (χ3v) is 4.04. The minimum Gasteiger partial charge on any atom is -0.330 e. The van der Waals surface area contributed by atoms with E-state index in [0.29, 0.717) is 25.5 Å². The van der Waals surface area contributed by atoms with Gasteiger partial charge < -0.3 is 10.3 Å². The molecule has 0 fully saturated rings. The summed E-state index contributed by atoms with van der Waals surface area (Å²) in [5.41, 5.74) is 5.76. The molecule has 0 radical (unpaired) electrons. The first-order valence-electron chi connectivity index (χ1n) is 6.71. The van der Waals surface area contributed by atoms with E-state index in [4.69, 9.17) is 5.73 Å². The van der Waals surface area contributed by atoms with Crippen LogP contribution in [0.1, 0.15) is 31.9 Å². The lowest BCUT2D eigenvalue weighted by Gasteiger charge is -2.36. The molecule has 2 N–H and O–H groups in total. The van der Waals surface area contributed by atoms with E-state index in [-0.39, 0.29) is 12.0 Å². The highest BCUT2D eigenvalue weighted by atomic mass is 19.4. The highest BCUT2D eigenvalue weighted by molar-refractivity contribution is 5.02. The van der Waals surface area contributed by atoms with Gasteiger partial charge in [0, 0.05) is 19.6 Å². The maximum absolute atomic E-state index is 12.7. The molecule has 8 heteroatoms. The zero-order valence-corrected chi connectivity index (χ0v) is 11.7. The molecule has 2 heterocycles. The molecule has 0 spiro atoms. The number of aromatic nitrogens is 3. The Morgan fingerprint density at radius 3 is 2.50 bits per heavy atom. The average Bonchev–Trinajstić information content (AvgIpc) is 2.81. The molecule has 0 bridgehead atoms. The van der Waals surface area contributed by atoms with Gasteiger partial charge in [0.2, 0.25) is 5.82 Å². The molecule has 1 aliphatic heterocycles. The lowest BCUT2D eigenvalue weighted by Crippen LogP contribution is -2.44. The number of hydrogen-bond acceptors (Lipinski definition) is 4. The average molecular weight is 291 g/mol. The van der Waals surface area contributed by atoms with Gasteiger partial charge in [0.05, 0.1) is 6.54 Å². The first kappa shape index (κ1) is 15.2. The maximum Gasteiger partial charge on any atom is 0.451 e. The van der Waals surface area contributed by atoms with E-state index in [2.05, 4.69) is 28.9 Å². The third-order valence-electron chi connectivity index (χ3n) is 4.04. The molecule has 0 amide bonds. The maximum atomic E-state index is 12.7. The van der Waals surface area contributed by atoms with Gasteiger partial charge in [-0.15, -0.1) is 10.2 Å². The van der Waals surface area contributed by atoms with Crippen molar-refractivity contribution in [3.63, 3.8) is 0 Å². The van der Waals surface area contributed by atoms with Crippen LogP contribution in [0.15, 0.2) is 0 Å². The van der Waals surface area contributed by atoms with Crippen LogP contribution in [0.5, 0.6) is 0 Å². The number of fused-ring (bicyclic) bond motifs is 1. The van der Waals surface area contributed by atoms with Crippen LogP contribution < -0.4 is 5.73 Å². The molecule has 1 aromatic heterocycles. The van der Waals surface area contributed by atoms with Crippen molar-refractivity contribution >= 4 is 0 Å². The highest BCUT2D eigenvalue weighted by Crippen LogP contribution is 2.30. The van der Waals surface area contributed by atoms with Gasteiger partial charge in [-0.05, 0) is 18.4 Å². The normalized spacial score (nSPS) is 19.7. The van der Waals surface area contributed by atoms with Crippen LogP contribution in [0.25, 0.3) is 0 Å². The van der Waals surface area contributed by atoms with Crippen molar-refractivity contribution in [2.24, 2.45) is 11.1 Å². The molecule has 114 valence electrons. The SMILES string of the molecule is CCC(C)(CN)CN1CCn2c(nnc2C(F)(F)F)C1. The summed E-state index contributed by atoms with van der Waals surface area (Å²) in [4.78, 5) is 2.10. The van der Waals surface area contributed by atoms with Gasteiger partial charge in [-0.25, -0.2) is 0 Å². The summed E-state index contributed by atoms with van der Waals surface area (Å²) in [6.45, 7) is 6.69. The van der Waals surface area contributed by atoms with Crippen LogP contribution >= 0.6 is 0 Å². The molecule has 1 unspecified atom stereocenters. The standard InChI is InChI=1S/C12H20F3N5/c1-3-11(2,7-16)8-19-4-5-20-9(6-19)17-18-10(20)12(13,14)15/h3-8,16H2,1-2H3. The molecule has 1 aromatic rings. The predicted molar refractivity (Wildman–Crippen MR) is 67.8 cm³/mol. The Hall–Kier alpha value is -1.15. The number of nitrogens with zero attached hydrogens (tertiary/aromatic N) is 4. The van der Waals surface area contributed by atoms with Crippen molar-refractivity contribution in [2.45, 2.75) is 39.5 Å². The Balaban J connectivity index is 2.11. The molecular weight excluding hydrogens is 271 g/mol. The second kappa shape index (κ2) is 5.33. The van der Waals surface area contributed by atoms with E-state index < -0.39 is 12.0 Å². The van der Waals surface area contributed by atoms with Crippen molar-refractivity contribution < 1.29 is 13.2 Å². The van der Waals surface area contributed by atoms with E-state index >= 15 is 0 Å². The molecule has 20 heavy (non-hydrogen) atoms. The fourth-order valence-corrected chi connectivity index (χ4v) is 2.41. The van der Waals surface area contributed by atoms with Gasteiger partial charge in [-0.3, -0.25) is 4.90 Å². The largest absolute Gasteiger partial charge is 0.451 e. The van der Waals surface area contributed by atoms with E-state index in [0.717, 1.165) is 13.0 Å². The van der Waals surface area contributed by atoms with Crippen LogP contribution in [0.4, 0.5) is 13.2 Å². The van der Waals surface area contributed by atoms with Crippen molar-refractivity contribution in [2.75, 3.05) is 19.6 Å². The Labute approximate surface area is 115 Å². The number of hydrogen-bond donors (Lipinski definition) is 1. The molecule has 0 aliphatic carbocycles. The summed E-state index contributed by atoms with van der Waals surface area (Å²) < 4.78 is 39.4. The second-order valence-electron chi connectivity index (χ2n) is 5.67.